The molecule has 0 radical (unpaired) electrons. The van der Waals surface area contributed by atoms with E-state index < -0.39 is 5.41 Å². The van der Waals surface area contributed by atoms with Crippen LogP contribution in [-0.2, 0) is 5.41 Å². The molecule has 0 fully saturated rings. The van der Waals surface area contributed by atoms with Crippen LogP contribution in [0, 0.1) is 13.8 Å². The van der Waals surface area contributed by atoms with Crippen LogP contribution >= 0.6 is 0 Å². The Labute approximate surface area is 436 Å². The van der Waals surface area contributed by atoms with E-state index in [1.165, 1.54) is 33.4 Å². The van der Waals surface area contributed by atoms with Crippen LogP contribution in [0.2, 0.25) is 0 Å². The summed E-state index contributed by atoms with van der Waals surface area (Å²) in [5.74, 6) is 3.76. The van der Waals surface area contributed by atoms with Crippen LogP contribution in [0.3, 0.4) is 0 Å². The summed E-state index contributed by atoms with van der Waals surface area (Å²) in [7, 11) is 0. The lowest BCUT2D eigenvalue weighted by molar-refractivity contribution is 0.767. The molecule has 2 heterocycles. The molecule has 1 aliphatic rings. The number of fused-ring (bicyclic) bond motifs is 3. The molecule has 75 heavy (non-hydrogen) atoms. The van der Waals surface area contributed by atoms with E-state index in [0.717, 1.165) is 66.8 Å². The molecule has 0 aliphatic heterocycles. The summed E-state index contributed by atoms with van der Waals surface area (Å²) >= 11 is 0. The number of aryl methyl sites for hydroxylation is 2. The number of hydrogen-bond acceptors (Lipinski definition) is 6. The Kier molecular flexibility index (Phi) is 11.4. The van der Waals surface area contributed by atoms with Gasteiger partial charge in [-0.3, -0.25) is 0 Å². The van der Waals surface area contributed by atoms with Gasteiger partial charge in [-0.15, -0.1) is 0 Å². The van der Waals surface area contributed by atoms with Crippen molar-refractivity contribution in [1.29, 1.82) is 0 Å². The van der Waals surface area contributed by atoms with Crippen molar-refractivity contribution in [2.24, 2.45) is 0 Å². The SMILES string of the molecule is Cc1cc(-c2cccc(-c3nc(-c4ccccc4)nc(-c4ccccc4)n3)c2)cc(C2(c3cc(C)cc(-c4cccc(-c5nc(-c6ccccc6)nc(-c6ccccc6)n5)c4)c3)c3ccccc3-c3ccccc32)c1. The van der Waals surface area contributed by atoms with Crippen molar-refractivity contribution < 1.29 is 0 Å². The molecule has 13 rings (SSSR count). The molecule has 0 unspecified atom stereocenters. The molecular weight excluding hydrogens is 913 g/mol. The van der Waals surface area contributed by atoms with E-state index in [2.05, 4.69) is 147 Å². The molecule has 0 bridgehead atoms. The quantitative estimate of drug-likeness (QED) is 0.136. The lowest BCUT2D eigenvalue weighted by atomic mass is 9.66. The Hall–Kier alpha value is -9.78. The molecule has 0 N–H and O–H groups in total. The van der Waals surface area contributed by atoms with Crippen LogP contribution in [-0.4, -0.2) is 29.9 Å². The van der Waals surface area contributed by atoms with Crippen LogP contribution in [0.25, 0.3) is 102 Å². The predicted molar refractivity (Wildman–Crippen MR) is 303 cm³/mol. The standard InChI is InChI=1S/C69H48N6/c1-45-37-55(51-29-19-31-53(41-51)67-72-63(47-21-7-3-8-22-47)70-64(73-67)48-23-9-4-10-24-48)43-57(39-45)69(61-35-17-15-33-59(61)60-34-16-18-36-62(60)69)58-40-46(2)38-56(44-58)52-30-20-32-54(42-52)68-74-65(49-25-11-5-12-26-49)71-66(75-68)50-27-13-6-14-28-50/h3-44H,1-2H3. The Morgan fingerprint density at radius 2 is 0.507 bits per heavy atom. The maximum absolute atomic E-state index is 5.10. The fourth-order valence-corrected chi connectivity index (χ4v) is 10.9. The van der Waals surface area contributed by atoms with Gasteiger partial charge in [0.2, 0.25) is 0 Å². The van der Waals surface area contributed by atoms with Gasteiger partial charge in [0.05, 0.1) is 5.41 Å². The molecule has 0 spiro atoms. The fourth-order valence-electron chi connectivity index (χ4n) is 10.9. The van der Waals surface area contributed by atoms with Crippen molar-refractivity contribution >= 4 is 0 Å². The molecule has 1 aliphatic carbocycles. The van der Waals surface area contributed by atoms with Gasteiger partial charge in [-0.1, -0.05) is 242 Å². The van der Waals surface area contributed by atoms with Crippen molar-refractivity contribution in [1.82, 2.24) is 29.9 Å². The first kappa shape index (κ1) is 45.1. The van der Waals surface area contributed by atoms with Crippen LogP contribution in [0.4, 0.5) is 0 Å². The maximum Gasteiger partial charge on any atom is 0.164 e. The third-order valence-corrected chi connectivity index (χ3v) is 14.3. The van der Waals surface area contributed by atoms with Gasteiger partial charge in [0.25, 0.3) is 0 Å². The van der Waals surface area contributed by atoms with Crippen LogP contribution < -0.4 is 0 Å². The first-order chi connectivity index (χ1) is 36.9. The second-order valence-corrected chi connectivity index (χ2v) is 19.3. The van der Waals surface area contributed by atoms with Gasteiger partial charge in [0, 0.05) is 33.4 Å². The van der Waals surface area contributed by atoms with Gasteiger partial charge < -0.3 is 0 Å². The summed E-state index contributed by atoms with van der Waals surface area (Å²) < 4.78 is 0. The second kappa shape index (κ2) is 19.0. The van der Waals surface area contributed by atoms with E-state index >= 15 is 0 Å². The van der Waals surface area contributed by atoms with E-state index in [0.29, 0.717) is 34.9 Å². The summed E-state index contributed by atoms with van der Waals surface area (Å²) in [4.78, 5) is 30.3. The van der Waals surface area contributed by atoms with E-state index in [-0.39, 0.29) is 0 Å². The maximum atomic E-state index is 5.10. The molecule has 2 aromatic heterocycles. The molecule has 12 aromatic rings. The minimum absolute atomic E-state index is 0.618. The van der Waals surface area contributed by atoms with Crippen LogP contribution in [0.5, 0.6) is 0 Å². The zero-order chi connectivity index (χ0) is 50.3. The second-order valence-electron chi connectivity index (χ2n) is 19.3. The minimum Gasteiger partial charge on any atom is -0.208 e. The molecule has 0 saturated carbocycles. The zero-order valence-electron chi connectivity index (χ0n) is 41.4. The smallest absolute Gasteiger partial charge is 0.164 e. The van der Waals surface area contributed by atoms with Crippen molar-refractivity contribution in [3.8, 4) is 102 Å². The third-order valence-electron chi connectivity index (χ3n) is 14.3. The monoisotopic (exact) mass is 960 g/mol. The molecule has 6 nitrogen and oxygen atoms in total. The topological polar surface area (TPSA) is 77.3 Å². The lowest BCUT2D eigenvalue weighted by Crippen LogP contribution is -2.29. The highest BCUT2D eigenvalue weighted by molar-refractivity contribution is 5.88. The van der Waals surface area contributed by atoms with Gasteiger partial charge in [-0.05, 0) is 93.7 Å². The summed E-state index contributed by atoms with van der Waals surface area (Å²) in [6.07, 6.45) is 0. The van der Waals surface area contributed by atoms with E-state index in [4.69, 9.17) is 29.9 Å². The average Bonchev–Trinajstić information content (AvgIpc) is 3.93. The first-order valence-corrected chi connectivity index (χ1v) is 25.3. The van der Waals surface area contributed by atoms with Gasteiger partial charge in [0.15, 0.2) is 34.9 Å². The van der Waals surface area contributed by atoms with E-state index in [1.807, 2.05) is 121 Å². The zero-order valence-corrected chi connectivity index (χ0v) is 41.4. The van der Waals surface area contributed by atoms with E-state index in [1.54, 1.807) is 0 Å². The number of nitrogens with zero attached hydrogens (tertiary/aromatic N) is 6. The van der Waals surface area contributed by atoms with Gasteiger partial charge in [-0.2, -0.15) is 0 Å². The Bertz CT molecular complexity index is 3700. The third kappa shape index (κ3) is 8.38. The van der Waals surface area contributed by atoms with Gasteiger partial charge in [0.1, 0.15) is 0 Å². The first-order valence-electron chi connectivity index (χ1n) is 25.3. The molecule has 6 heteroatoms. The summed E-state index contributed by atoms with van der Waals surface area (Å²) in [5.41, 5.74) is 18.9. The molecule has 0 saturated heterocycles. The van der Waals surface area contributed by atoms with Gasteiger partial charge in [-0.25, -0.2) is 29.9 Å². The number of aromatic nitrogens is 6. The Balaban J connectivity index is 0.960. The molecule has 10 aromatic carbocycles. The summed E-state index contributed by atoms with van der Waals surface area (Å²) in [6.45, 7) is 4.42. The highest BCUT2D eigenvalue weighted by atomic mass is 15.0. The number of rotatable bonds is 10. The normalized spacial score (nSPS) is 12.2. The fraction of sp³-hybridized carbons (Fsp3) is 0.0435. The van der Waals surface area contributed by atoms with Crippen LogP contribution in [0.1, 0.15) is 33.4 Å². The molecular formula is C69H48N6. The highest BCUT2D eigenvalue weighted by Gasteiger charge is 2.46. The van der Waals surface area contributed by atoms with Crippen molar-refractivity contribution in [2.45, 2.75) is 19.3 Å². The van der Waals surface area contributed by atoms with Crippen LogP contribution in [0.15, 0.2) is 255 Å². The largest absolute Gasteiger partial charge is 0.208 e. The summed E-state index contributed by atoms with van der Waals surface area (Å²) in [5, 5.41) is 0. The number of benzene rings is 10. The minimum atomic E-state index is -0.670. The Morgan fingerprint density at radius 3 is 0.853 bits per heavy atom. The molecule has 0 amide bonds. The number of hydrogen-bond donors (Lipinski definition) is 0. The van der Waals surface area contributed by atoms with Crippen molar-refractivity contribution in [2.75, 3.05) is 0 Å². The lowest BCUT2D eigenvalue weighted by Gasteiger charge is -2.35. The van der Waals surface area contributed by atoms with E-state index in [9.17, 15) is 0 Å². The van der Waals surface area contributed by atoms with Crippen molar-refractivity contribution in [3.05, 3.63) is 288 Å². The van der Waals surface area contributed by atoms with Crippen molar-refractivity contribution in [3.63, 3.8) is 0 Å². The molecule has 354 valence electrons. The summed E-state index contributed by atoms with van der Waals surface area (Å²) in [6, 6.07) is 89.8. The average molecular weight is 961 g/mol. The predicted octanol–water partition coefficient (Wildman–Crippen LogP) is 16.4. The molecule has 0 atom stereocenters. The Morgan fingerprint density at radius 1 is 0.227 bits per heavy atom. The highest BCUT2D eigenvalue weighted by Crippen LogP contribution is 2.57. The van der Waals surface area contributed by atoms with Gasteiger partial charge >= 0.3 is 0 Å².